The number of halogens is 2. The van der Waals surface area contributed by atoms with E-state index in [-0.39, 0.29) is 12.5 Å². The van der Waals surface area contributed by atoms with Gasteiger partial charge in [-0.2, -0.15) is 0 Å². The van der Waals surface area contributed by atoms with E-state index in [1.807, 2.05) is 13.8 Å². The summed E-state index contributed by atoms with van der Waals surface area (Å²) >= 11 is 0. The van der Waals surface area contributed by atoms with Gasteiger partial charge in [0.15, 0.2) is 0 Å². The van der Waals surface area contributed by atoms with E-state index in [4.69, 9.17) is 0 Å². The van der Waals surface area contributed by atoms with Crippen LogP contribution in [0.4, 0.5) is 8.78 Å². The number of aliphatic hydroxyl groups is 1. The fraction of sp³-hybridized carbons (Fsp3) is 1.00. The molecule has 1 saturated carbocycles. The molecule has 0 radical (unpaired) electrons. The van der Waals surface area contributed by atoms with Crippen molar-refractivity contribution in [3.05, 3.63) is 0 Å². The summed E-state index contributed by atoms with van der Waals surface area (Å²) in [5.74, 6) is -2.91. The Morgan fingerprint density at radius 2 is 2.08 bits per heavy atom. The lowest BCUT2D eigenvalue weighted by Gasteiger charge is -2.35. The fourth-order valence-electron chi connectivity index (χ4n) is 1.76. The van der Waals surface area contributed by atoms with Gasteiger partial charge in [0.1, 0.15) is 6.10 Å². The predicted molar refractivity (Wildman–Crippen MR) is 46.9 cm³/mol. The van der Waals surface area contributed by atoms with Gasteiger partial charge in [0.2, 0.25) is 0 Å². The second-order valence-corrected chi connectivity index (χ2v) is 4.03. The van der Waals surface area contributed by atoms with Gasteiger partial charge in [-0.25, -0.2) is 8.78 Å². The molecular weight excluding hydrogens is 176 g/mol. The zero-order valence-electron chi connectivity index (χ0n) is 8.06. The molecular formula is C9H17F2NO. The van der Waals surface area contributed by atoms with Crippen LogP contribution < -0.4 is 5.32 Å². The lowest BCUT2D eigenvalue weighted by Crippen LogP contribution is -2.54. The van der Waals surface area contributed by atoms with Crippen molar-refractivity contribution in [3.63, 3.8) is 0 Å². The van der Waals surface area contributed by atoms with E-state index >= 15 is 0 Å². The molecule has 2 N–H and O–H groups in total. The van der Waals surface area contributed by atoms with Crippen molar-refractivity contribution in [3.8, 4) is 0 Å². The van der Waals surface area contributed by atoms with Crippen molar-refractivity contribution >= 4 is 0 Å². The van der Waals surface area contributed by atoms with Gasteiger partial charge in [-0.1, -0.05) is 13.8 Å². The first-order valence-corrected chi connectivity index (χ1v) is 4.75. The Bertz CT molecular complexity index is 173. The number of rotatable bonds is 2. The number of alkyl halides is 2. The van der Waals surface area contributed by atoms with Crippen molar-refractivity contribution < 1.29 is 13.9 Å². The van der Waals surface area contributed by atoms with E-state index in [0.717, 1.165) is 0 Å². The lowest BCUT2D eigenvalue weighted by atomic mass is 9.89. The van der Waals surface area contributed by atoms with Crippen LogP contribution in [0, 0.1) is 0 Å². The highest BCUT2D eigenvalue weighted by molar-refractivity contribution is 4.92. The molecule has 1 aliphatic carbocycles. The fourth-order valence-corrected chi connectivity index (χ4v) is 1.76. The molecule has 0 aromatic heterocycles. The Hall–Kier alpha value is -0.220. The van der Waals surface area contributed by atoms with E-state index in [1.54, 1.807) is 0 Å². The van der Waals surface area contributed by atoms with E-state index in [9.17, 15) is 13.9 Å². The number of nitrogens with one attached hydrogen (secondary N) is 1. The van der Waals surface area contributed by atoms with Gasteiger partial charge in [0, 0.05) is 18.5 Å². The SMILES string of the molecule is CC(C)N[C@@H]1CCCC(F)(F)[C@H]1O. The number of hydrogen-bond acceptors (Lipinski definition) is 2. The molecule has 0 aliphatic heterocycles. The predicted octanol–water partition coefficient (Wildman–Crippen LogP) is 1.53. The third-order valence-corrected chi connectivity index (χ3v) is 2.39. The second kappa shape index (κ2) is 3.88. The van der Waals surface area contributed by atoms with Crippen LogP contribution >= 0.6 is 0 Å². The van der Waals surface area contributed by atoms with Crippen LogP contribution in [0.15, 0.2) is 0 Å². The first-order valence-electron chi connectivity index (χ1n) is 4.75. The molecule has 1 aliphatic rings. The molecule has 2 nitrogen and oxygen atoms in total. The summed E-state index contributed by atoms with van der Waals surface area (Å²) in [6, 6.07) is -0.322. The maximum absolute atomic E-state index is 13.0. The normalized spacial score (nSPS) is 33.7. The van der Waals surface area contributed by atoms with Crippen molar-refractivity contribution in [1.82, 2.24) is 5.32 Å². The molecule has 0 aromatic rings. The quantitative estimate of drug-likeness (QED) is 0.697. The van der Waals surface area contributed by atoms with Crippen LogP contribution in [0.25, 0.3) is 0 Å². The summed E-state index contributed by atoms with van der Waals surface area (Å²) in [5, 5.41) is 12.3. The topological polar surface area (TPSA) is 32.3 Å². The molecule has 0 spiro atoms. The van der Waals surface area contributed by atoms with Crippen LogP contribution in [0.1, 0.15) is 33.1 Å². The molecule has 2 atom stereocenters. The zero-order chi connectivity index (χ0) is 10.1. The molecule has 1 fully saturated rings. The first-order chi connectivity index (χ1) is 5.93. The lowest BCUT2D eigenvalue weighted by molar-refractivity contribution is -0.144. The van der Waals surface area contributed by atoms with Crippen molar-refractivity contribution in [2.24, 2.45) is 0 Å². The molecule has 0 heterocycles. The van der Waals surface area contributed by atoms with Crippen LogP contribution in [0.3, 0.4) is 0 Å². The van der Waals surface area contributed by atoms with E-state index in [0.29, 0.717) is 12.8 Å². The van der Waals surface area contributed by atoms with Gasteiger partial charge in [-0.15, -0.1) is 0 Å². The van der Waals surface area contributed by atoms with Crippen LogP contribution in [0.5, 0.6) is 0 Å². The highest BCUT2D eigenvalue weighted by Gasteiger charge is 2.45. The third kappa shape index (κ3) is 2.61. The highest BCUT2D eigenvalue weighted by Crippen LogP contribution is 2.33. The van der Waals surface area contributed by atoms with Crippen molar-refractivity contribution in [2.45, 2.75) is 57.2 Å². The molecule has 0 aromatic carbocycles. The standard InChI is InChI=1S/C9H17F2NO/c1-6(2)12-7-4-3-5-9(10,11)8(7)13/h6-8,12-13H,3-5H2,1-2H3/t7-,8+/m1/s1. The Balaban J connectivity index is 2.55. The molecule has 0 saturated heterocycles. The number of aliphatic hydroxyl groups excluding tert-OH is 1. The summed E-state index contributed by atoms with van der Waals surface area (Å²) in [6.07, 6.45) is -0.600. The smallest absolute Gasteiger partial charge is 0.274 e. The summed E-state index contributed by atoms with van der Waals surface area (Å²) in [5.41, 5.74) is 0. The van der Waals surface area contributed by atoms with Crippen molar-refractivity contribution in [2.75, 3.05) is 0 Å². The number of hydrogen-bond donors (Lipinski definition) is 2. The molecule has 0 amide bonds. The molecule has 13 heavy (non-hydrogen) atoms. The van der Waals surface area contributed by atoms with Gasteiger partial charge < -0.3 is 10.4 Å². The molecule has 0 unspecified atom stereocenters. The van der Waals surface area contributed by atoms with Gasteiger partial charge in [0.05, 0.1) is 0 Å². The van der Waals surface area contributed by atoms with Crippen LogP contribution in [0.2, 0.25) is 0 Å². The first kappa shape index (κ1) is 10.9. The highest BCUT2D eigenvalue weighted by atomic mass is 19.3. The molecule has 4 heteroatoms. The maximum atomic E-state index is 13.0. The third-order valence-electron chi connectivity index (χ3n) is 2.39. The van der Waals surface area contributed by atoms with Gasteiger partial charge in [-0.3, -0.25) is 0 Å². The van der Waals surface area contributed by atoms with E-state index in [1.165, 1.54) is 0 Å². The van der Waals surface area contributed by atoms with Gasteiger partial charge in [-0.05, 0) is 12.8 Å². The molecule has 78 valence electrons. The average molecular weight is 193 g/mol. The van der Waals surface area contributed by atoms with Crippen LogP contribution in [-0.4, -0.2) is 29.2 Å². The maximum Gasteiger partial charge on any atom is 0.274 e. The summed E-state index contributed by atoms with van der Waals surface area (Å²) in [6.45, 7) is 3.78. The van der Waals surface area contributed by atoms with E-state index in [2.05, 4.69) is 5.32 Å². The summed E-state index contributed by atoms with van der Waals surface area (Å²) in [4.78, 5) is 0. The minimum absolute atomic E-state index is 0.133. The largest absolute Gasteiger partial charge is 0.385 e. The Morgan fingerprint density at radius 3 is 2.62 bits per heavy atom. The summed E-state index contributed by atoms with van der Waals surface area (Å²) < 4.78 is 26.0. The van der Waals surface area contributed by atoms with E-state index < -0.39 is 18.1 Å². The summed E-state index contributed by atoms with van der Waals surface area (Å²) in [7, 11) is 0. The average Bonchev–Trinajstić information content (AvgIpc) is 1.98. The molecule has 0 bridgehead atoms. The Kier molecular flexibility index (Phi) is 3.24. The van der Waals surface area contributed by atoms with Gasteiger partial charge in [0.25, 0.3) is 5.92 Å². The minimum atomic E-state index is -2.91. The van der Waals surface area contributed by atoms with Gasteiger partial charge >= 0.3 is 0 Å². The van der Waals surface area contributed by atoms with Crippen LogP contribution in [-0.2, 0) is 0 Å². The second-order valence-electron chi connectivity index (χ2n) is 4.03. The monoisotopic (exact) mass is 193 g/mol. The van der Waals surface area contributed by atoms with Crippen molar-refractivity contribution in [1.29, 1.82) is 0 Å². The Morgan fingerprint density at radius 1 is 1.46 bits per heavy atom. The Labute approximate surface area is 77.3 Å². The zero-order valence-corrected chi connectivity index (χ0v) is 8.06. The molecule has 1 rings (SSSR count). The minimum Gasteiger partial charge on any atom is -0.385 e.